The van der Waals surface area contributed by atoms with Crippen LogP contribution in [-0.2, 0) is 16.5 Å². The molecule has 5 nitrogen and oxygen atoms in total. The summed E-state index contributed by atoms with van der Waals surface area (Å²) in [5.74, 6) is 0. The summed E-state index contributed by atoms with van der Waals surface area (Å²) >= 11 is 0. The Hall–Kier alpha value is -1.40. The second kappa shape index (κ2) is 5.71. The summed E-state index contributed by atoms with van der Waals surface area (Å²) in [6, 6.07) is 7.90. The third kappa shape index (κ3) is 3.33. The molecule has 6 heteroatoms. The third-order valence-corrected chi connectivity index (χ3v) is 4.31. The van der Waals surface area contributed by atoms with E-state index in [9.17, 15) is 8.42 Å². The van der Waals surface area contributed by atoms with Gasteiger partial charge in [0, 0.05) is 12.8 Å². The number of hydrazone groups is 1. The minimum atomic E-state index is -4.07. The van der Waals surface area contributed by atoms with Gasteiger partial charge in [0.05, 0.1) is 5.69 Å². The third-order valence-electron chi connectivity index (χ3n) is 3.19. The second-order valence-electron chi connectivity index (χ2n) is 4.61. The van der Waals surface area contributed by atoms with Crippen molar-refractivity contribution in [3.63, 3.8) is 0 Å². The van der Waals surface area contributed by atoms with Crippen LogP contribution in [0.3, 0.4) is 0 Å². The Labute approximate surface area is 113 Å². The molecule has 0 saturated heterocycles. The van der Waals surface area contributed by atoms with Gasteiger partial charge in [-0.2, -0.15) is 13.5 Å². The molecule has 0 bridgehead atoms. The number of hydrogen-bond acceptors (Lipinski definition) is 4. The fraction of sp³-hybridized carbons (Fsp3) is 0.462. The zero-order valence-corrected chi connectivity index (χ0v) is 11.7. The molecular weight excluding hydrogens is 264 g/mol. The highest BCUT2D eigenvalue weighted by atomic mass is 32.2. The summed E-state index contributed by atoms with van der Waals surface area (Å²) in [7, 11) is -4.07. The minimum Gasteiger partial charge on any atom is -0.285 e. The maximum atomic E-state index is 11.2. The molecule has 1 heterocycles. The zero-order valence-electron chi connectivity index (χ0n) is 10.9. The minimum absolute atomic E-state index is 0.373. The molecular formula is C13H18N2O3S. The highest BCUT2D eigenvalue weighted by Crippen LogP contribution is 2.27. The quantitative estimate of drug-likeness (QED) is 0.663. The van der Waals surface area contributed by atoms with E-state index in [0.717, 1.165) is 18.7 Å². The van der Waals surface area contributed by atoms with Gasteiger partial charge in [0.2, 0.25) is 0 Å². The Morgan fingerprint density at radius 2 is 2.21 bits per heavy atom. The Morgan fingerprint density at radius 3 is 2.89 bits per heavy atom. The number of fused-ring (bicyclic) bond motifs is 1. The van der Waals surface area contributed by atoms with E-state index in [1.807, 2.05) is 31.2 Å². The van der Waals surface area contributed by atoms with Crippen LogP contribution < -0.4 is 5.01 Å². The number of para-hydroxylation sites is 1. The van der Waals surface area contributed by atoms with Gasteiger partial charge in [-0.1, -0.05) is 31.5 Å². The van der Waals surface area contributed by atoms with Crippen LogP contribution in [0.15, 0.2) is 29.4 Å². The predicted molar refractivity (Wildman–Crippen MR) is 76.2 cm³/mol. The van der Waals surface area contributed by atoms with Crippen LogP contribution in [0.5, 0.6) is 0 Å². The van der Waals surface area contributed by atoms with E-state index in [-0.39, 0.29) is 0 Å². The van der Waals surface area contributed by atoms with E-state index >= 15 is 0 Å². The summed E-state index contributed by atoms with van der Waals surface area (Å²) in [5, 5.41) is 5.07. The molecule has 2 rings (SSSR count). The van der Waals surface area contributed by atoms with Crippen molar-refractivity contribution in [1.29, 1.82) is 0 Å². The fourth-order valence-electron chi connectivity index (χ4n) is 2.18. The van der Waals surface area contributed by atoms with Gasteiger partial charge >= 0.3 is 0 Å². The lowest BCUT2D eigenvalue weighted by molar-refractivity contribution is 0.474. The SMILES string of the molecule is CCCC(C=NN1CCc2ccccc21)S(=O)(=O)O. The monoisotopic (exact) mass is 282 g/mol. The standard InChI is InChI=1S/C13H18N2O3S/c1-2-5-12(19(16,17)18)10-14-15-9-8-11-6-3-4-7-13(11)15/h3-4,6-7,10,12H,2,5,8-9H2,1H3,(H,16,17,18). The Bertz CT molecular complexity index is 569. The van der Waals surface area contributed by atoms with Crippen molar-refractivity contribution in [2.24, 2.45) is 5.10 Å². The lowest BCUT2D eigenvalue weighted by atomic mass is 10.2. The molecule has 1 aromatic rings. The van der Waals surface area contributed by atoms with Crippen LogP contribution in [0.4, 0.5) is 5.69 Å². The molecule has 104 valence electrons. The van der Waals surface area contributed by atoms with Gasteiger partial charge < -0.3 is 0 Å². The van der Waals surface area contributed by atoms with E-state index in [2.05, 4.69) is 5.10 Å². The maximum Gasteiger partial charge on any atom is 0.273 e. The fourth-order valence-corrected chi connectivity index (χ4v) is 2.92. The van der Waals surface area contributed by atoms with Crippen LogP contribution in [-0.4, -0.2) is 31.0 Å². The highest BCUT2D eigenvalue weighted by Gasteiger charge is 2.22. The molecule has 1 aromatic carbocycles. The Morgan fingerprint density at radius 1 is 1.47 bits per heavy atom. The first-order chi connectivity index (χ1) is 9.02. The molecule has 0 spiro atoms. The molecule has 0 aromatic heterocycles. The molecule has 0 aliphatic carbocycles. The molecule has 1 aliphatic heterocycles. The van der Waals surface area contributed by atoms with Crippen molar-refractivity contribution in [2.45, 2.75) is 31.4 Å². The average Bonchev–Trinajstić information content (AvgIpc) is 2.76. The first-order valence-corrected chi connectivity index (χ1v) is 7.88. The van der Waals surface area contributed by atoms with Crippen molar-refractivity contribution in [1.82, 2.24) is 0 Å². The maximum absolute atomic E-state index is 11.2. The van der Waals surface area contributed by atoms with Crippen molar-refractivity contribution in [3.8, 4) is 0 Å². The highest BCUT2D eigenvalue weighted by molar-refractivity contribution is 7.87. The smallest absolute Gasteiger partial charge is 0.273 e. The lowest BCUT2D eigenvalue weighted by Gasteiger charge is -2.14. The van der Waals surface area contributed by atoms with E-state index in [1.54, 1.807) is 5.01 Å². The van der Waals surface area contributed by atoms with Crippen LogP contribution in [0, 0.1) is 0 Å². The van der Waals surface area contributed by atoms with Gasteiger partial charge in [-0.05, 0) is 24.5 Å². The predicted octanol–water partition coefficient (Wildman–Crippen LogP) is 2.09. The topological polar surface area (TPSA) is 70.0 Å². The number of hydrogen-bond donors (Lipinski definition) is 1. The van der Waals surface area contributed by atoms with Gasteiger partial charge in [-0.25, -0.2) is 0 Å². The largest absolute Gasteiger partial charge is 0.285 e. The van der Waals surface area contributed by atoms with Gasteiger partial charge in [0.15, 0.2) is 0 Å². The van der Waals surface area contributed by atoms with E-state index in [0.29, 0.717) is 12.8 Å². The zero-order chi connectivity index (χ0) is 13.9. The van der Waals surface area contributed by atoms with Crippen LogP contribution in [0.2, 0.25) is 0 Å². The van der Waals surface area contributed by atoms with Crippen LogP contribution in [0.1, 0.15) is 25.3 Å². The van der Waals surface area contributed by atoms with Crippen molar-refractivity contribution < 1.29 is 13.0 Å². The van der Waals surface area contributed by atoms with Crippen molar-refractivity contribution in [3.05, 3.63) is 29.8 Å². The van der Waals surface area contributed by atoms with E-state index < -0.39 is 15.4 Å². The molecule has 19 heavy (non-hydrogen) atoms. The van der Waals surface area contributed by atoms with Crippen LogP contribution in [0.25, 0.3) is 0 Å². The Kier molecular flexibility index (Phi) is 4.21. The lowest BCUT2D eigenvalue weighted by Crippen LogP contribution is -2.24. The summed E-state index contributed by atoms with van der Waals surface area (Å²) in [5.41, 5.74) is 2.21. The van der Waals surface area contributed by atoms with Crippen LogP contribution >= 0.6 is 0 Å². The van der Waals surface area contributed by atoms with Crippen molar-refractivity contribution >= 4 is 22.0 Å². The number of benzene rings is 1. The first kappa shape index (κ1) is 14.0. The number of anilines is 1. The number of rotatable bonds is 5. The molecule has 0 amide bonds. The first-order valence-electron chi connectivity index (χ1n) is 6.38. The molecule has 1 atom stereocenters. The van der Waals surface area contributed by atoms with E-state index in [4.69, 9.17) is 4.55 Å². The van der Waals surface area contributed by atoms with Gasteiger partial charge in [-0.15, -0.1) is 0 Å². The molecule has 0 fully saturated rings. The Balaban J connectivity index is 2.15. The average molecular weight is 282 g/mol. The van der Waals surface area contributed by atoms with Gasteiger partial charge in [0.1, 0.15) is 5.25 Å². The summed E-state index contributed by atoms with van der Waals surface area (Å²) < 4.78 is 31.6. The molecule has 1 aliphatic rings. The molecule has 1 unspecified atom stereocenters. The molecule has 0 radical (unpaired) electrons. The van der Waals surface area contributed by atoms with Gasteiger partial charge in [0.25, 0.3) is 10.1 Å². The normalized spacial score (nSPS) is 16.8. The molecule has 0 saturated carbocycles. The van der Waals surface area contributed by atoms with Gasteiger partial charge in [-0.3, -0.25) is 9.56 Å². The number of nitrogens with zero attached hydrogens (tertiary/aromatic N) is 2. The van der Waals surface area contributed by atoms with Crippen molar-refractivity contribution in [2.75, 3.05) is 11.6 Å². The summed E-state index contributed by atoms with van der Waals surface area (Å²) in [4.78, 5) is 0. The molecule has 1 N–H and O–H groups in total. The summed E-state index contributed by atoms with van der Waals surface area (Å²) in [6.45, 7) is 2.61. The van der Waals surface area contributed by atoms with E-state index in [1.165, 1.54) is 11.8 Å². The second-order valence-corrected chi connectivity index (χ2v) is 6.24. The summed E-state index contributed by atoms with van der Waals surface area (Å²) in [6.07, 6.45) is 3.28.